The second kappa shape index (κ2) is 6.26. The molecule has 0 fully saturated rings. The molecule has 0 bridgehead atoms. The SMILES string of the molecule is Cc1ccccc1Cn1cc(NS(=O)(=O)c2ccccc2)cn1. The first kappa shape index (κ1) is 15.3. The Labute approximate surface area is 135 Å². The molecular weight excluding hydrogens is 310 g/mol. The Morgan fingerprint density at radius 1 is 1.04 bits per heavy atom. The van der Waals surface area contributed by atoms with Gasteiger partial charge in [-0.2, -0.15) is 5.10 Å². The Hall–Kier alpha value is -2.60. The second-order valence-corrected chi connectivity index (χ2v) is 6.95. The molecule has 0 aliphatic heterocycles. The lowest BCUT2D eigenvalue weighted by molar-refractivity contribution is 0.601. The zero-order chi connectivity index (χ0) is 16.3. The number of benzene rings is 2. The highest BCUT2D eigenvalue weighted by Crippen LogP contribution is 2.16. The van der Waals surface area contributed by atoms with Crippen LogP contribution in [0.4, 0.5) is 5.69 Å². The van der Waals surface area contributed by atoms with Gasteiger partial charge in [0.05, 0.1) is 23.3 Å². The van der Waals surface area contributed by atoms with E-state index in [-0.39, 0.29) is 4.90 Å². The molecule has 5 nitrogen and oxygen atoms in total. The fourth-order valence-corrected chi connectivity index (χ4v) is 3.33. The molecule has 0 amide bonds. The maximum Gasteiger partial charge on any atom is 0.261 e. The van der Waals surface area contributed by atoms with Crippen LogP contribution in [0.3, 0.4) is 0 Å². The highest BCUT2D eigenvalue weighted by Gasteiger charge is 2.14. The topological polar surface area (TPSA) is 64.0 Å². The molecule has 0 spiro atoms. The van der Waals surface area contributed by atoms with Gasteiger partial charge in [-0.1, -0.05) is 42.5 Å². The van der Waals surface area contributed by atoms with Crippen LogP contribution in [0.5, 0.6) is 0 Å². The number of anilines is 1. The van der Waals surface area contributed by atoms with Crippen LogP contribution in [0.25, 0.3) is 0 Å². The molecular formula is C17H17N3O2S. The van der Waals surface area contributed by atoms with Crippen molar-refractivity contribution in [1.82, 2.24) is 9.78 Å². The van der Waals surface area contributed by atoms with Gasteiger partial charge in [0.25, 0.3) is 10.0 Å². The summed E-state index contributed by atoms with van der Waals surface area (Å²) in [7, 11) is -3.58. The van der Waals surface area contributed by atoms with Gasteiger partial charge in [0, 0.05) is 6.20 Å². The number of sulfonamides is 1. The van der Waals surface area contributed by atoms with Crippen LogP contribution in [0, 0.1) is 6.92 Å². The maximum atomic E-state index is 12.3. The van der Waals surface area contributed by atoms with E-state index in [0.29, 0.717) is 12.2 Å². The molecule has 0 atom stereocenters. The van der Waals surface area contributed by atoms with Crippen molar-refractivity contribution in [3.63, 3.8) is 0 Å². The molecule has 3 aromatic rings. The lowest BCUT2D eigenvalue weighted by atomic mass is 10.1. The predicted octanol–water partition coefficient (Wildman–Crippen LogP) is 3.04. The molecule has 0 aliphatic rings. The molecule has 0 saturated carbocycles. The van der Waals surface area contributed by atoms with Crippen LogP contribution in [0.1, 0.15) is 11.1 Å². The number of aromatic nitrogens is 2. The number of nitrogens with one attached hydrogen (secondary N) is 1. The minimum Gasteiger partial charge on any atom is -0.276 e. The van der Waals surface area contributed by atoms with Gasteiger partial charge in [0.15, 0.2) is 0 Å². The summed E-state index contributed by atoms with van der Waals surface area (Å²) in [6.07, 6.45) is 3.20. The van der Waals surface area contributed by atoms with Gasteiger partial charge in [-0.15, -0.1) is 0 Å². The van der Waals surface area contributed by atoms with Gasteiger partial charge >= 0.3 is 0 Å². The molecule has 0 radical (unpaired) electrons. The molecule has 1 N–H and O–H groups in total. The van der Waals surface area contributed by atoms with Crippen molar-refractivity contribution in [2.24, 2.45) is 0 Å². The largest absolute Gasteiger partial charge is 0.276 e. The molecule has 23 heavy (non-hydrogen) atoms. The Morgan fingerprint density at radius 3 is 2.48 bits per heavy atom. The maximum absolute atomic E-state index is 12.3. The van der Waals surface area contributed by atoms with E-state index in [1.807, 2.05) is 31.2 Å². The first-order chi connectivity index (χ1) is 11.0. The Kier molecular flexibility index (Phi) is 4.16. The van der Waals surface area contributed by atoms with Crippen LogP contribution in [0.15, 0.2) is 71.9 Å². The van der Waals surface area contributed by atoms with E-state index in [4.69, 9.17) is 0 Å². The highest BCUT2D eigenvalue weighted by atomic mass is 32.2. The summed E-state index contributed by atoms with van der Waals surface area (Å²) >= 11 is 0. The van der Waals surface area contributed by atoms with E-state index in [1.54, 1.807) is 41.2 Å². The van der Waals surface area contributed by atoms with Gasteiger partial charge in [-0.05, 0) is 30.2 Å². The van der Waals surface area contributed by atoms with Crippen molar-refractivity contribution in [3.8, 4) is 0 Å². The quantitative estimate of drug-likeness (QED) is 0.783. The molecule has 1 aromatic heterocycles. The van der Waals surface area contributed by atoms with Crippen molar-refractivity contribution in [2.45, 2.75) is 18.4 Å². The Morgan fingerprint density at radius 2 is 1.74 bits per heavy atom. The van der Waals surface area contributed by atoms with Crippen LogP contribution in [-0.2, 0) is 16.6 Å². The number of aryl methyl sites for hydroxylation is 1. The average molecular weight is 327 g/mol. The summed E-state index contributed by atoms with van der Waals surface area (Å²) in [5.41, 5.74) is 2.77. The zero-order valence-electron chi connectivity index (χ0n) is 12.7. The number of hydrogen-bond acceptors (Lipinski definition) is 3. The molecule has 6 heteroatoms. The first-order valence-electron chi connectivity index (χ1n) is 7.19. The normalized spacial score (nSPS) is 11.3. The van der Waals surface area contributed by atoms with E-state index >= 15 is 0 Å². The van der Waals surface area contributed by atoms with E-state index in [2.05, 4.69) is 9.82 Å². The Balaban J connectivity index is 1.77. The van der Waals surface area contributed by atoms with Crippen LogP contribution < -0.4 is 4.72 Å². The van der Waals surface area contributed by atoms with E-state index in [1.165, 1.54) is 11.8 Å². The third-order valence-corrected chi connectivity index (χ3v) is 4.93. The van der Waals surface area contributed by atoms with Crippen molar-refractivity contribution in [3.05, 3.63) is 78.1 Å². The van der Waals surface area contributed by atoms with E-state index in [9.17, 15) is 8.42 Å². The monoisotopic (exact) mass is 327 g/mol. The molecule has 1 heterocycles. The number of nitrogens with zero attached hydrogens (tertiary/aromatic N) is 2. The molecule has 0 aliphatic carbocycles. The van der Waals surface area contributed by atoms with E-state index in [0.717, 1.165) is 5.56 Å². The average Bonchev–Trinajstić information content (AvgIpc) is 2.97. The lowest BCUT2D eigenvalue weighted by Crippen LogP contribution is -2.12. The first-order valence-corrected chi connectivity index (χ1v) is 8.68. The third-order valence-electron chi connectivity index (χ3n) is 3.53. The molecule has 0 unspecified atom stereocenters. The fraction of sp³-hybridized carbons (Fsp3) is 0.118. The fourth-order valence-electron chi connectivity index (χ4n) is 2.28. The summed E-state index contributed by atoms with van der Waals surface area (Å²) in [4.78, 5) is 0.228. The van der Waals surface area contributed by atoms with Crippen LogP contribution in [0.2, 0.25) is 0 Å². The molecule has 0 saturated heterocycles. The van der Waals surface area contributed by atoms with E-state index < -0.39 is 10.0 Å². The molecule has 118 valence electrons. The number of hydrogen-bond donors (Lipinski definition) is 1. The summed E-state index contributed by atoms with van der Waals surface area (Å²) in [6, 6.07) is 16.3. The Bertz CT molecular complexity index is 902. The van der Waals surface area contributed by atoms with Crippen molar-refractivity contribution < 1.29 is 8.42 Å². The molecule has 3 rings (SSSR count). The highest BCUT2D eigenvalue weighted by molar-refractivity contribution is 7.92. The van der Waals surface area contributed by atoms with Gasteiger partial charge in [-0.3, -0.25) is 9.40 Å². The summed E-state index contributed by atoms with van der Waals surface area (Å²) < 4.78 is 28.8. The minimum atomic E-state index is -3.58. The standard InChI is InChI=1S/C17H17N3O2S/c1-14-7-5-6-8-15(14)12-20-13-16(11-18-20)19-23(21,22)17-9-3-2-4-10-17/h2-11,13,19H,12H2,1H3. The van der Waals surface area contributed by atoms with Gasteiger partial charge < -0.3 is 0 Å². The van der Waals surface area contributed by atoms with Crippen molar-refractivity contribution >= 4 is 15.7 Å². The minimum absolute atomic E-state index is 0.228. The second-order valence-electron chi connectivity index (χ2n) is 5.27. The third kappa shape index (κ3) is 3.60. The van der Waals surface area contributed by atoms with Crippen LogP contribution in [-0.4, -0.2) is 18.2 Å². The van der Waals surface area contributed by atoms with Crippen LogP contribution >= 0.6 is 0 Å². The lowest BCUT2D eigenvalue weighted by Gasteiger charge is -2.06. The van der Waals surface area contributed by atoms with Crippen molar-refractivity contribution in [2.75, 3.05) is 4.72 Å². The summed E-state index contributed by atoms with van der Waals surface area (Å²) in [5.74, 6) is 0. The van der Waals surface area contributed by atoms with Gasteiger partial charge in [-0.25, -0.2) is 8.42 Å². The smallest absolute Gasteiger partial charge is 0.261 e. The zero-order valence-corrected chi connectivity index (χ0v) is 13.5. The summed E-state index contributed by atoms with van der Waals surface area (Å²) in [6.45, 7) is 2.64. The van der Waals surface area contributed by atoms with Gasteiger partial charge in [0.2, 0.25) is 0 Å². The predicted molar refractivity (Wildman–Crippen MR) is 89.8 cm³/mol. The van der Waals surface area contributed by atoms with Crippen molar-refractivity contribution in [1.29, 1.82) is 0 Å². The molecule has 2 aromatic carbocycles. The summed E-state index contributed by atoms with van der Waals surface area (Å²) in [5, 5.41) is 4.22. The number of rotatable bonds is 5. The van der Waals surface area contributed by atoms with Gasteiger partial charge in [0.1, 0.15) is 0 Å².